The van der Waals surface area contributed by atoms with E-state index in [1.807, 2.05) is 18.2 Å². The van der Waals surface area contributed by atoms with Gasteiger partial charge in [0.15, 0.2) is 5.16 Å². The first kappa shape index (κ1) is 18.6. The van der Waals surface area contributed by atoms with Gasteiger partial charge in [-0.1, -0.05) is 49.1 Å². The molecular formula is C18H19N3O3S2. The zero-order valence-electron chi connectivity index (χ0n) is 14.5. The van der Waals surface area contributed by atoms with Crippen LogP contribution >= 0.6 is 23.1 Å². The highest BCUT2D eigenvalue weighted by atomic mass is 32.2. The maximum absolute atomic E-state index is 12.9. The third kappa shape index (κ3) is 4.13. The molecule has 0 atom stereocenters. The zero-order valence-corrected chi connectivity index (χ0v) is 16.2. The Kier molecular flexibility index (Phi) is 5.73. The summed E-state index contributed by atoms with van der Waals surface area (Å²) in [5, 5.41) is 14.0. The Morgan fingerprint density at radius 1 is 1.35 bits per heavy atom. The Morgan fingerprint density at radius 2 is 2.12 bits per heavy atom. The third-order valence-corrected chi connectivity index (χ3v) is 5.92. The van der Waals surface area contributed by atoms with Crippen LogP contribution in [0.4, 0.5) is 5.00 Å². The summed E-state index contributed by atoms with van der Waals surface area (Å²) in [6.07, 6.45) is 0.886. The average Bonchev–Trinajstić information content (AvgIpc) is 3.08. The number of hydrogen-bond donors (Lipinski definition) is 0. The molecule has 3 aromatic rings. The van der Waals surface area contributed by atoms with Gasteiger partial charge in [-0.15, -0.1) is 0 Å². The molecule has 0 amide bonds. The predicted octanol–water partition coefficient (Wildman–Crippen LogP) is 4.70. The van der Waals surface area contributed by atoms with Gasteiger partial charge in [0.2, 0.25) is 0 Å². The second kappa shape index (κ2) is 8.01. The SMILES string of the molecule is CC(C)CCn1c(SCc2csc([N+](=O)[O-])c2)nc2ccccc2c1=O. The standard InChI is InChI=1S/C18H19N3O3S2/c1-12(2)7-8-20-17(22)14-5-3-4-6-15(14)19-18(20)26-11-13-9-16(21(23)24)25-10-13/h3-6,9-10,12H,7-8,11H2,1-2H3. The van der Waals surface area contributed by atoms with Gasteiger partial charge in [0.05, 0.1) is 15.8 Å². The molecule has 0 fully saturated rings. The number of para-hydroxylation sites is 1. The number of aromatic nitrogens is 2. The number of nitrogens with zero attached hydrogens (tertiary/aromatic N) is 3. The van der Waals surface area contributed by atoms with Crippen LogP contribution in [0.15, 0.2) is 45.7 Å². The van der Waals surface area contributed by atoms with E-state index in [2.05, 4.69) is 18.8 Å². The second-order valence-corrected chi connectivity index (χ2v) is 8.22. The molecule has 6 nitrogen and oxygen atoms in total. The minimum atomic E-state index is -0.383. The highest BCUT2D eigenvalue weighted by Gasteiger charge is 2.14. The predicted molar refractivity (Wildman–Crippen MR) is 106 cm³/mol. The number of rotatable bonds is 7. The largest absolute Gasteiger partial charge is 0.324 e. The number of nitro groups is 1. The molecule has 136 valence electrons. The van der Waals surface area contributed by atoms with Crippen molar-refractivity contribution in [3.8, 4) is 0 Å². The molecule has 2 heterocycles. The molecule has 3 rings (SSSR count). The van der Waals surface area contributed by atoms with Crippen LogP contribution in [0.3, 0.4) is 0 Å². The van der Waals surface area contributed by atoms with Gasteiger partial charge in [-0.05, 0) is 30.0 Å². The smallest absolute Gasteiger partial charge is 0.287 e. The van der Waals surface area contributed by atoms with Gasteiger partial charge in [0.25, 0.3) is 5.56 Å². The van der Waals surface area contributed by atoms with Crippen LogP contribution < -0.4 is 5.56 Å². The van der Waals surface area contributed by atoms with Crippen molar-refractivity contribution in [2.24, 2.45) is 5.92 Å². The van der Waals surface area contributed by atoms with E-state index in [1.54, 1.807) is 22.1 Å². The van der Waals surface area contributed by atoms with Crippen molar-refractivity contribution in [2.75, 3.05) is 0 Å². The summed E-state index contributed by atoms with van der Waals surface area (Å²) in [7, 11) is 0. The quantitative estimate of drug-likeness (QED) is 0.253. The minimum Gasteiger partial charge on any atom is -0.287 e. The van der Waals surface area contributed by atoms with Crippen LogP contribution in [0, 0.1) is 16.0 Å². The summed E-state index contributed by atoms with van der Waals surface area (Å²) in [5.41, 5.74) is 1.51. The zero-order chi connectivity index (χ0) is 18.7. The number of thiophene rings is 1. The highest BCUT2D eigenvalue weighted by Crippen LogP contribution is 2.28. The second-order valence-electron chi connectivity index (χ2n) is 6.39. The van der Waals surface area contributed by atoms with E-state index < -0.39 is 0 Å². The maximum Gasteiger partial charge on any atom is 0.324 e. The van der Waals surface area contributed by atoms with Crippen molar-refractivity contribution in [3.63, 3.8) is 0 Å². The fourth-order valence-corrected chi connectivity index (χ4v) is 4.31. The molecule has 0 radical (unpaired) electrons. The van der Waals surface area contributed by atoms with Gasteiger partial charge < -0.3 is 0 Å². The molecule has 0 saturated heterocycles. The molecular weight excluding hydrogens is 370 g/mol. The summed E-state index contributed by atoms with van der Waals surface area (Å²) >= 11 is 2.56. The Bertz CT molecular complexity index is 995. The lowest BCUT2D eigenvalue weighted by molar-refractivity contribution is -0.380. The summed E-state index contributed by atoms with van der Waals surface area (Å²) < 4.78 is 1.73. The van der Waals surface area contributed by atoms with Crippen LogP contribution in [0.2, 0.25) is 0 Å². The molecule has 0 aliphatic rings. The van der Waals surface area contributed by atoms with Crippen LogP contribution in [0.5, 0.6) is 0 Å². The van der Waals surface area contributed by atoms with Gasteiger partial charge >= 0.3 is 5.00 Å². The van der Waals surface area contributed by atoms with Gasteiger partial charge in [0, 0.05) is 23.7 Å². The van der Waals surface area contributed by atoms with Crippen LogP contribution in [0.25, 0.3) is 10.9 Å². The van der Waals surface area contributed by atoms with Gasteiger partial charge in [-0.25, -0.2) is 4.98 Å². The Labute approximate surface area is 159 Å². The lowest BCUT2D eigenvalue weighted by atomic mass is 10.1. The van der Waals surface area contributed by atoms with Crippen molar-refractivity contribution in [2.45, 2.75) is 37.7 Å². The van der Waals surface area contributed by atoms with E-state index in [4.69, 9.17) is 0 Å². The molecule has 0 unspecified atom stereocenters. The molecule has 0 aliphatic carbocycles. The highest BCUT2D eigenvalue weighted by molar-refractivity contribution is 7.98. The van der Waals surface area contributed by atoms with Crippen molar-refractivity contribution in [1.82, 2.24) is 9.55 Å². The Balaban J connectivity index is 1.92. The average molecular weight is 390 g/mol. The molecule has 8 heteroatoms. The molecule has 0 N–H and O–H groups in total. The fraction of sp³-hybridized carbons (Fsp3) is 0.333. The Morgan fingerprint density at radius 3 is 2.81 bits per heavy atom. The number of fused-ring (bicyclic) bond motifs is 1. The van der Waals surface area contributed by atoms with Crippen molar-refractivity contribution >= 4 is 39.0 Å². The minimum absolute atomic E-state index is 0.0324. The molecule has 0 aliphatic heterocycles. The normalized spacial score (nSPS) is 11.3. The lowest BCUT2D eigenvalue weighted by Crippen LogP contribution is -2.24. The van der Waals surface area contributed by atoms with E-state index in [1.165, 1.54) is 11.8 Å². The van der Waals surface area contributed by atoms with E-state index in [0.717, 1.165) is 23.3 Å². The van der Waals surface area contributed by atoms with Crippen molar-refractivity contribution < 1.29 is 4.92 Å². The van der Waals surface area contributed by atoms with E-state index in [-0.39, 0.29) is 15.5 Å². The van der Waals surface area contributed by atoms with Crippen molar-refractivity contribution in [1.29, 1.82) is 0 Å². The molecule has 1 aromatic carbocycles. The summed E-state index contributed by atoms with van der Waals surface area (Å²) in [5.74, 6) is 1.02. The van der Waals surface area contributed by atoms with Crippen LogP contribution in [-0.2, 0) is 12.3 Å². The fourth-order valence-electron chi connectivity index (χ4n) is 2.52. The molecule has 0 spiro atoms. The van der Waals surface area contributed by atoms with Crippen molar-refractivity contribution in [3.05, 3.63) is 61.7 Å². The summed E-state index contributed by atoms with van der Waals surface area (Å²) in [6.45, 7) is 4.86. The first-order valence-corrected chi connectivity index (χ1v) is 10.2. The molecule has 26 heavy (non-hydrogen) atoms. The van der Waals surface area contributed by atoms with E-state index in [9.17, 15) is 14.9 Å². The summed E-state index contributed by atoms with van der Waals surface area (Å²) in [4.78, 5) is 28.0. The molecule has 0 bridgehead atoms. The monoisotopic (exact) mass is 389 g/mol. The first-order valence-electron chi connectivity index (χ1n) is 8.30. The topological polar surface area (TPSA) is 78.0 Å². The summed E-state index contributed by atoms with van der Waals surface area (Å²) in [6, 6.07) is 8.92. The van der Waals surface area contributed by atoms with Gasteiger partial charge in [-0.2, -0.15) is 0 Å². The van der Waals surface area contributed by atoms with E-state index >= 15 is 0 Å². The van der Waals surface area contributed by atoms with Gasteiger partial charge in [-0.3, -0.25) is 19.5 Å². The van der Waals surface area contributed by atoms with Crippen LogP contribution in [0.1, 0.15) is 25.8 Å². The molecule has 0 saturated carbocycles. The van der Waals surface area contributed by atoms with Gasteiger partial charge in [0.1, 0.15) is 0 Å². The van der Waals surface area contributed by atoms with E-state index in [0.29, 0.717) is 34.3 Å². The Hall–Kier alpha value is -2.19. The van der Waals surface area contributed by atoms with Crippen LogP contribution in [-0.4, -0.2) is 14.5 Å². The molecule has 2 aromatic heterocycles. The lowest BCUT2D eigenvalue weighted by Gasteiger charge is -2.14. The number of benzene rings is 1. The maximum atomic E-state index is 12.9. The number of thioether (sulfide) groups is 1. The third-order valence-electron chi connectivity index (χ3n) is 3.94. The first-order chi connectivity index (χ1) is 12.5. The number of hydrogen-bond acceptors (Lipinski definition) is 6.